The number of benzene rings is 5. The molecule has 0 atom stereocenters. The minimum Gasteiger partial charge on any atom is -0.791 e. The van der Waals surface area contributed by atoms with E-state index in [-0.39, 0.29) is 37.3 Å². The number of hydrogen-bond donors (Lipinski definition) is 0. The number of hydrogen-bond acceptors (Lipinski definition) is 6. The van der Waals surface area contributed by atoms with E-state index in [1.165, 1.54) is 0 Å². The van der Waals surface area contributed by atoms with Crippen LogP contribution in [0.25, 0.3) is 0 Å². The molecule has 0 saturated heterocycles. The van der Waals surface area contributed by atoms with Crippen LogP contribution >= 0.6 is 0 Å². The van der Waals surface area contributed by atoms with Gasteiger partial charge in [-0.25, -0.2) is 9.98 Å². The van der Waals surface area contributed by atoms with Crippen molar-refractivity contribution >= 4 is 34.2 Å². The van der Waals surface area contributed by atoms with Crippen molar-refractivity contribution in [3.8, 4) is 0 Å². The molecule has 0 aromatic heterocycles. The van der Waals surface area contributed by atoms with E-state index in [0.717, 1.165) is 11.1 Å². The van der Waals surface area contributed by atoms with E-state index in [4.69, 9.17) is 9.98 Å². The van der Waals surface area contributed by atoms with Gasteiger partial charge in [0.15, 0.2) is 0 Å². The average Bonchev–Trinajstić information content (AvgIpc) is 3.98. The fourth-order valence-corrected chi connectivity index (χ4v) is 4.86. The Morgan fingerprint density at radius 1 is 0.294 bits per heavy atom. The van der Waals surface area contributed by atoms with Gasteiger partial charge >= 0.3 is 25.8 Å². The van der Waals surface area contributed by atoms with Crippen LogP contribution in [0, 0.1) is 74.6 Å². The first-order valence-electron chi connectivity index (χ1n) is 16.0. The summed E-state index contributed by atoms with van der Waals surface area (Å²) in [4.78, 5) is 9.63. The molecule has 0 bridgehead atoms. The third kappa shape index (κ3) is 12.2. The van der Waals surface area contributed by atoms with Crippen LogP contribution in [0.2, 0.25) is 0 Å². The van der Waals surface area contributed by atoms with Gasteiger partial charge in [0.1, 0.15) is 0 Å². The van der Waals surface area contributed by atoms with Crippen molar-refractivity contribution in [2.45, 2.75) is 0 Å². The summed E-state index contributed by atoms with van der Waals surface area (Å²) in [6.45, 7) is 0. The van der Waals surface area contributed by atoms with Gasteiger partial charge < -0.3 is 20.7 Å². The van der Waals surface area contributed by atoms with Gasteiger partial charge in [-0.3, -0.25) is 0 Å². The minimum absolute atomic E-state index is 0. The maximum atomic E-state index is 12.0. The monoisotopic (exact) mass is 830 g/mol. The molecule has 7 rings (SSSR count). The number of aliphatic imine (C=N–C) groups is 2. The summed E-state index contributed by atoms with van der Waals surface area (Å²) in [5, 5.41) is 30.7. The van der Waals surface area contributed by atoms with Crippen molar-refractivity contribution in [3.63, 3.8) is 0 Å². The summed E-state index contributed by atoms with van der Waals surface area (Å²) in [5.41, 5.74) is 5.58. The summed E-state index contributed by atoms with van der Waals surface area (Å²) in [7, 11) is 0. The van der Waals surface area contributed by atoms with E-state index in [1.807, 2.05) is 210 Å². The molecule has 2 aliphatic carbocycles. The van der Waals surface area contributed by atoms with Crippen molar-refractivity contribution in [1.29, 1.82) is 0 Å². The molecule has 244 valence electrons. The second-order valence-electron chi connectivity index (χ2n) is 10.7. The summed E-state index contributed by atoms with van der Waals surface area (Å²) in [6.07, 6.45) is 20.0. The Bertz CT molecular complexity index is 1680. The molecular formula is C44H34HfN4O2+2. The molecule has 10 radical (unpaired) electrons. The Hall–Kier alpha value is -4.75. The maximum absolute atomic E-state index is 12.0. The van der Waals surface area contributed by atoms with E-state index in [2.05, 4.69) is 10.3 Å². The van der Waals surface area contributed by atoms with Crippen LogP contribution in [0.3, 0.4) is 0 Å². The molecule has 5 aromatic carbocycles. The Morgan fingerprint density at radius 3 is 0.725 bits per heavy atom. The standard InChI is InChI=1S/C34H26N4O2.2C5H5.Hf/c39-37-33(27-17-9-3-10-18-27)31(25-13-5-1-6-14-25)35-29-21-23-30(24-22-29)36-32(26-15-7-2-8-16-26)34(38-40)28-19-11-4-12-20-28;2*1-2-4-5-3-1;/h1-24,39-40H;2*1-5H;/q;;;+4/p-2/b35-31?,36-32?,37-33+,38-34+;;;. The topological polar surface area (TPSA) is 95.6 Å². The quantitative estimate of drug-likeness (QED) is 0.0885. The molecule has 0 amide bonds. The molecule has 0 aliphatic heterocycles. The van der Waals surface area contributed by atoms with Crippen molar-refractivity contribution < 1.29 is 25.8 Å². The van der Waals surface area contributed by atoms with E-state index >= 15 is 0 Å². The van der Waals surface area contributed by atoms with Gasteiger partial charge in [0.05, 0.1) is 34.2 Å². The van der Waals surface area contributed by atoms with Gasteiger partial charge in [-0.05, 0) is 88.5 Å². The summed E-state index contributed by atoms with van der Waals surface area (Å²) < 4.78 is 0. The molecule has 0 heterocycles. The number of rotatable bonds is 8. The fraction of sp³-hybridized carbons (Fsp3) is 0. The van der Waals surface area contributed by atoms with Crippen LogP contribution in [0.15, 0.2) is 166 Å². The Labute approximate surface area is 321 Å². The van der Waals surface area contributed by atoms with Crippen molar-refractivity contribution in [1.82, 2.24) is 0 Å². The van der Waals surface area contributed by atoms with Crippen molar-refractivity contribution in [2.24, 2.45) is 20.3 Å². The molecule has 7 heteroatoms. The SMILES string of the molecule is [CH]1[CH][CH][CH][CH]1.[CH]1[CH][CH][CH][CH]1.[Hf+4].[O-]/N=C(/C(=Nc1ccc(N=C(/C(=N/[O-])c2ccccc2)c2ccccc2)cc1)c1ccccc1)c1ccccc1. The predicted octanol–water partition coefficient (Wildman–Crippen LogP) is 9.94. The molecule has 2 saturated carbocycles. The van der Waals surface area contributed by atoms with Gasteiger partial charge in [-0.2, -0.15) is 0 Å². The van der Waals surface area contributed by atoms with Crippen LogP contribution in [0.4, 0.5) is 11.4 Å². The van der Waals surface area contributed by atoms with Crippen molar-refractivity contribution in [3.05, 3.63) is 242 Å². The summed E-state index contributed by atoms with van der Waals surface area (Å²) in [6, 6.07) is 44.7. The molecule has 0 spiro atoms. The van der Waals surface area contributed by atoms with E-state index in [9.17, 15) is 10.4 Å². The molecule has 0 unspecified atom stereocenters. The molecular weight excluding hydrogens is 795 g/mol. The molecule has 2 fully saturated rings. The Morgan fingerprint density at radius 2 is 0.510 bits per heavy atom. The predicted molar refractivity (Wildman–Crippen MR) is 207 cm³/mol. The first-order chi connectivity index (χ1) is 24.8. The zero-order valence-corrected chi connectivity index (χ0v) is 31.3. The molecule has 0 N–H and O–H groups in total. The van der Waals surface area contributed by atoms with E-state index in [1.54, 1.807) is 0 Å². The second kappa shape index (κ2) is 22.1. The second-order valence-corrected chi connectivity index (χ2v) is 10.7. The first-order valence-corrected chi connectivity index (χ1v) is 16.0. The Balaban J connectivity index is 0.000000455. The van der Waals surface area contributed by atoms with Crippen molar-refractivity contribution in [2.75, 3.05) is 0 Å². The fourth-order valence-electron chi connectivity index (χ4n) is 4.86. The summed E-state index contributed by atoms with van der Waals surface area (Å²) >= 11 is 0. The van der Waals surface area contributed by atoms with Gasteiger partial charge in [0, 0.05) is 22.3 Å². The van der Waals surface area contributed by atoms with Crippen LogP contribution in [0.5, 0.6) is 0 Å². The summed E-state index contributed by atoms with van der Waals surface area (Å²) in [5.74, 6) is 0. The maximum Gasteiger partial charge on any atom is 4.00 e. The first kappa shape index (κ1) is 39.0. The third-order valence-electron chi connectivity index (χ3n) is 7.26. The van der Waals surface area contributed by atoms with Gasteiger partial charge in [-0.15, -0.1) is 0 Å². The molecule has 6 nitrogen and oxygen atoms in total. The van der Waals surface area contributed by atoms with Crippen LogP contribution < -0.4 is 0 Å². The average molecular weight is 829 g/mol. The van der Waals surface area contributed by atoms with E-state index in [0.29, 0.717) is 33.9 Å². The Kier molecular flexibility index (Phi) is 17.0. The van der Waals surface area contributed by atoms with Crippen LogP contribution in [0.1, 0.15) is 22.3 Å². The zero-order chi connectivity index (χ0) is 34.6. The van der Waals surface area contributed by atoms with Gasteiger partial charge in [0.25, 0.3) is 0 Å². The molecule has 51 heavy (non-hydrogen) atoms. The largest absolute Gasteiger partial charge is 4.00 e. The zero-order valence-electron chi connectivity index (χ0n) is 27.7. The van der Waals surface area contributed by atoms with Crippen LogP contribution in [-0.4, -0.2) is 22.8 Å². The van der Waals surface area contributed by atoms with Crippen LogP contribution in [-0.2, 0) is 25.8 Å². The third-order valence-corrected chi connectivity index (χ3v) is 7.26. The smallest absolute Gasteiger partial charge is 0.791 e. The minimum atomic E-state index is 0. The van der Waals surface area contributed by atoms with E-state index < -0.39 is 0 Å². The normalized spacial score (nSPS) is 14.7. The van der Waals surface area contributed by atoms with Gasteiger partial charge in [-0.1, -0.05) is 121 Å². The van der Waals surface area contributed by atoms with Gasteiger partial charge in [0.2, 0.25) is 0 Å². The molecule has 2 aliphatic rings. The number of nitrogens with zero attached hydrogens (tertiary/aromatic N) is 4. The molecule has 5 aromatic rings.